The van der Waals surface area contributed by atoms with Crippen molar-refractivity contribution < 1.29 is 9.57 Å². The first-order valence-electron chi connectivity index (χ1n) is 6.35. The molecule has 0 aliphatic heterocycles. The highest BCUT2D eigenvalue weighted by atomic mass is 16.9. The molecule has 4 heteroatoms. The standard InChI is InChI=1S/C13H20NO3/c1-10(17-13-7-8-13)12-5-3-11(4-6-12)9-16-14(2)15/h10-13H,3-6,9H2,1-2H3/q-1. The van der Waals surface area contributed by atoms with Crippen LogP contribution in [0.1, 0.15) is 32.6 Å². The highest BCUT2D eigenvalue weighted by molar-refractivity contribution is 5.33. The van der Waals surface area contributed by atoms with Crippen LogP contribution in [0.5, 0.6) is 0 Å². The zero-order valence-corrected chi connectivity index (χ0v) is 10.5. The number of hydrogen-bond acceptors (Lipinski definition) is 4. The Labute approximate surface area is 103 Å². The SMILES string of the molecule is CC(OC1C#C1)C1CCC(CON(C)[O-])CC1. The summed E-state index contributed by atoms with van der Waals surface area (Å²) in [5.41, 5.74) is 0. The average Bonchev–Trinajstić information content (AvgIpc) is 3.11. The van der Waals surface area contributed by atoms with Gasteiger partial charge in [-0.15, -0.1) is 0 Å². The molecule has 0 amide bonds. The van der Waals surface area contributed by atoms with Crippen LogP contribution in [0.2, 0.25) is 0 Å². The Morgan fingerprint density at radius 2 is 1.94 bits per heavy atom. The van der Waals surface area contributed by atoms with Gasteiger partial charge in [-0.05, 0) is 51.5 Å². The van der Waals surface area contributed by atoms with Gasteiger partial charge in [-0.25, -0.2) is 0 Å². The number of ether oxygens (including phenoxy) is 1. The molecule has 1 unspecified atom stereocenters. The molecule has 2 aliphatic carbocycles. The molecule has 0 aromatic heterocycles. The Morgan fingerprint density at radius 3 is 2.47 bits per heavy atom. The van der Waals surface area contributed by atoms with E-state index in [2.05, 4.69) is 18.8 Å². The summed E-state index contributed by atoms with van der Waals surface area (Å²) in [6.45, 7) is 2.68. The van der Waals surface area contributed by atoms with Crippen molar-refractivity contribution in [2.45, 2.75) is 44.8 Å². The van der Waals surface area contributed by atoms with Crippen molar-refractivity contribution in [3.8, 4) is 11.8 Å². The van der Waals surface area contributed by atoms with Crippen molar-refractivity contribution in [1.29, 1.82) is 0 Å². The third-order valence-corrected chi connectivity index (χ3v) is 3.66. The molecule has 2 rings (SSSR count). The van der Waals surface area contributed by atoms with Crippen LogP contribution >= 0.6 is 0 Å². The minimum Gasteiger partial charge on any atom is -0.762 e. The lowest BCUT2D eigenvalue weighted by molar-refractivity contribution is -0.120. The van der Waals surface area contributed by atoms with E-state index in [4.69, 9.17) is 9.57 Å². The fourth-order valence-electron chi connectivity index (χ4n) is 2.46. The predicted octanol–water partition coefficient (Wildman–Crippen LogP) is 1.94. The second-order valence-corrected chi connectivity index (χ2v) is 5.03. The summed E-state index contributed by atoms with van der Waals surface area (Å²) in [5.74, 6) is 6.97. The van der Waals surface area contributed by atoms with Crippen molar-refractivity contribution in [3.05, 3.63) is 5.21 Å². The first-order chi connectivity index (χ1) is 8.15. The molecule has 0 heterocycles. The molecular formula is C13H20NO3-. The molecule has 1 fully saturated rings. The van der Waals surface area contributed by atoms with Gasteiger partial charge in [-0.1, -0.05) is 11.8 Å². The van der Waals surface area contributed by atoms with Crippen molar-refractivity contribution in [2.75, 3.05) is 13.7 Å². The average molecular weight is 238 g/mol. The highest BCUT2D eigenvalue weighted by Gasteiger charge is 2.28. The van der Waals surface area contributed by atoms with Crippen molar-refractivity contribution in [1.82, 2.24) is 5.23 Å². The minimum atomic E-state index is 0.0557. The van der Waals surface area contributed by atoms with E-state index in [9.17, 15) is 5.21 Å². The van der Waals surface area contributed by atoms with Crippen LogP contribution in [0.3, 0.4) is 0 Å². The van der Waals surface area contributed by atoms with Crippen LogP contribution in [0.25, 0.3) is 0 Å². The first-order valence-corrected chi connectivity index (χ1v) is 6.35. The van der Waals surface area contributed by atoms with Gasteiger partial charge in [0.2, 0.25) is 0 Å². The first kappa shape index (κ1) is 12.8. The molecule has 1 saturated carbocycles. The van der Waals surface area contributed by atoms with Crippen LogP contribution < -0.4 is 0 Å². The summed E-state index contributed by atoms with van der Waals surface area (Å²) in [5, 5.41) is 11.2. The van der Waals surface area contributed by atoms with E-state index in [1.807, 2.05) is 0 Å². The number of hydroxylamine groups is 2. The lowest BCUT2D eigenvalue weighted by Crippen LogP contribution is -2.29. The molecule has 0 saturated heterocycles. The molecule has 1 atom stereocenters. The second kappa shape index (κ2) is 5.83. The van der Waals surface area contributed by atoms with Gasteiger partial charge in [0.05, 0.1) is 12.7 Å². The maximum absolute atomic E-state index is 10.6. The maximum atomic E-state index is 10.6. The largest absolute Gasteiger partial charge is 0.762 e. The Kier molecular flexibility index (Phi) is 4.41. The smallest absolute Gasteiger partial charge is 0.179 e. The van der Waals surface area contributed by atoms with E-state index in [1.165, 1.54) is 7.05 Å². The molecule has 0 radical (unpaired) electrons. The Morgan fingerprint density at radius 1 is 1.29 bits per heavy atom. The monoisotopic (exact) mass is 238 g/mol. The maximum Gasteiger partial charge on any atom is 0.179 e. The molecule has 2 aliphatic rings. The molecule has 96 valence electrons. The zero-order valence-electron chi connectivity index (χ0n) is 10.5. The number of rotatable bonds is 6. The van der Waals surface area contributed by atoms with Crippen LogP contribution in [0.4, 0.5) is 0 Å². The van der Waals surface area contributed by atoms with Gasteiger partial charge < -0.3 is 14.8 Å². The minimum absolute atomic E-state index is 0.0557. The van der Waals surface area contributed by atoms with Crippen LogP contribution in [-0.2, 0) is 9.57 Å². The Hall–Kier alpha value is -0.600. The summed E-state index contributed by atoms with van der Waals surface area (Å²) in [6, 6.07) is 0. The number of nitrogens with zero attached hydrogens (tertiary/aromatic N) is 1. The second-order valence-electron chi connectivity index (χ2n) is 5.03. The molecule has 0 aromatic rings. The lowest BCUT2D eigenvalue weighted by atomic mass is 9.80. The van der Waals surface area contributed by atoms with Gasteiger partial charge in [0, 0.05) is 0 Å². The Bertz CT molecular complexity index is 292. The topological polar surface area (TPSA) is 44.8 Å². The molecule has 17 heavy (non-hydrogen) atoms. The summed E-state index contributed by atoms with van der Waals surface area (Å²) < 4.78 is 5.72. The van der Waals surface area contributed by atoms with Gasteiger partial charge in [0.1, 0.15) is 0 Å². The van der Waals surface area contributed by atoms with Crippen LogP contribution in [0.15, 0.2) is 0 Å². The van der Waals surface area contributed by atoms with E-state index < -0.39 is 0 Å². The van der Waals surface area contributed by atoms with E-state index in [1.54, 1.807) is 0 Å². The van der Waals surface area contributed by atoms with Crippen LogP contribution in [-0.4, -0.2) is 31.1 Å². The van der Waals surface area contributed by atoms with E-state index in [0.29, 0.717) is 23.7 Å². The summed E-state index contributed by atoms with van der Waals surface area (Å²) in [7, 11) is 1.39. The summed E-state index contributed by atoms with van der Waals surface area (Å²) in [4.78, 5) is 4.98. The molecule has 0 N–H and O–H groups in total. The highest BCUT2D eigenvalue weighted by Crippen LogP contribution is 2.32. The zero-order chi connectivity index (χ0) is 12.3. The quantitative estimate of drug-likeness (QED) is 0.524. The Balaban J connectivity index is 1.62. The van der Waals surface area contributed by atoms with Crippen LogP contribution in [0, 0.1) is 28.9 Å². The molecule has 0 aromatic carbocycles. The predicted molar refractivity (Wildman–Crippen MR) is 64.6 cm³/mol. The molecule has 0 spiro atoms. The van der Waals surface area contributed by atoms with Gasteiger partial charge in [-0.3, -0.25) is 5.23 Å². The molecule has 0 bridgehead atoms. The fourth-order valence-corrected chi connectivity index (χ4v) is 2.46. The fraction of sp³-hybridized carbons (Fsp3) is 0.846. The van der Waals surface area contributed by atoms with E-state index >= 15 is 0 Å². The third kappa shape index (κ3) is 4.29. The summed E-state index contributed by atoms with van der Waals surface area (Å²) >= 11 is 0. The van der Waals surface area contributed by atoms with Gasteiger partial charge >= 0.3 is 0 Å². The van der Waals surface area contributed by atoms with Gasteiger partial charge in [0.15, 0.2) is 6.10 Å². The van der Waals surface area contributed by atoms with E-state index in [0.717, 1.165) is 25.7 Å². The van der Waals surface area contributed by atoms with Crippen molar-refractivity contribution in [3.63, 3.8) is 0 Å². The van der Waals surface area contributed by atoms with Gasteiger partial charge in [-0.2, -0.15) is 0 Å². The lowest BCUT2D eigenvalue weighted by Gasteiger charge is -2.33. The molecular weight excluding hydrogens is 218 g/mol. The van der Waals surface area contributed by atoms with E-state index in [-0.39, 0.29) is 12.2 Å². The van der Waals surface area contributed by atoms with Gasteiger partial charge in [0.25, 0.3) is 0 Å². The third-order valence-electron chi connectivity index (χ3n) is 3.66. The van der Waals surface area contributed by atoms with Crippen molar-refractivity contribution >= 4 is 0 Å². The normalized spacial score (nSPS) is 29.9. The number of hydrogen-bond donors (Lipinski definition) is 0. The molecule has 4 nitrogen and oxygen atoms in total. The summed E-state index contributed by atoms with van der Waals surface area (Å²) in [6.07, 6.45) is 4.90. The van der Waals surface area contributed by atoms with Crippen molar-refractivity contribution in [2.24, 2.45) is 11.8 Å².